The molecule has 2 aromatic rings. The second-order valence-corrected chi connectivity index (χ2v) is 8.25. The molecule has 0 bridgehead atoms. The predicted molar refractivity (Wildman–Crippen MR) is 126 cm³/mol. The van der Waals surface area contributed by atoms with Crippen LogP contribution in [0.4, 0.5) is 5.69 Å². The number of benzene rings is 2. The maximum Gasteiger partial charge on any atom is 0.266 e. The zero-order valence-corrected chi connectivity index (χ0v) is 18.7. The Kier molecular flexibility index (Phi) is 7.24. The number of para-hydroxylation sites is 1. The third kappa shape index (κ3) is 5.38. The van der Waals surface area contributed by atoms with Gasteiger partial charge in [-0.2, -0.15) is 0 Å². The summed E-state index contributed by atoms with van der Waals surface area (Å²) in [6.45, 7) is 4.83. The summed E-state index contributed by atoms with van der Waals surface area (Å²) in [4.78, 5) is 33.7. The summed E-state index contributed by atoms with van der Waals surface area (Å²) in [5.41, 5.74) is 1.69. The molecule has 2 aliphatic heterocycles. The van der Waals surface area contributed by atoms with Crippen molar-refractivity contribution in [2.24, 2.45) is 4.99 Å². The Bertz CT molecular complexity index is 1020. The lowest BCUT2D eigenvalue weighted by molar-refractivity contribution is -0.137. The molecule has 2 heterocycles. The fraction of sp³-hybridized carbons (Fsp3) is 0.292. The van der Waals surface area contributed by atoms with Crippen molar-refractivity contribution in [3.63, 3.8) is 0 Å². The molecule has 2 fully saturated rings. The van der Waals surface area contributed by atoms with Crippen molar-refractivity contribution in [3.05, 3.63) is 65.1 Å². The first-order valence-electron chi connectivity index (χ1n) is 10.6. The molecular weight excluding hydrogens is 426 g/mol. The highest BCUT2D eigenvalue weighted by molar-refractivity contribution is 8.18. The van der Waals surface area contributed by atoms with Crippen LogP contribution in [0.3, 0.4) is 0 Å². The smallest absolute Gasteiger partial charge is 0.266 e. The Balaban J connectivity index is 1.40. The van der Waals surface area contributed by atoms with Gasteiger partial charge in [0.2, 0.25) is 0 Å². The van der Waals surface area contributed by atoms with Gasteiger partial charge in [0.25, 0.3) is 11.8 Å². The van der Waals surface area contributed by atoms with Crippen LogP contribution in [0.1, 0.15) is 12.5 Å². The first-order valence-corrected chi connectivity index (χ1v) is 11.4. The Morgan fingerprint density at radius 2 is 1.84 bits per heavy atom. The van der Waals surface area contributed by atoms with Crippen LogP contribution in [0, 0.1) is 0 Å². The molecule has 4 rings (SSSR count). The molecule has 0 saturated carbocycles. The van der Waals surface area contributed by atoms with Crippen molar-refractivity contribution >= 4 is 40.5 Å². The third-order valence-electron chi connectivity index (χ3n) is 5.09. The molecule has 0 radical (unpaired) electrons. The number of aliphatic imine (C=N–C) groups is 1. The van der Waals surface area contributed by atoms with Gasteiger partial charge in [-0.15, -0.1) is 0 Å². The molecule has 7 nitrogen and oxygen atoms in total. The van der Waals surface area contributed by atoms with Gasteiger partial charge in [-0.3, -0.25) is 14.5 Å². The number of morpholine rings is 1. The second-order valence-electron chi connectivity index (χ2n) is 7.24. The molecule has 166 valence electrons. The maximum atomic E-state index is 12.8. The summed E-state index contributed by atoms with van der Waals surface area (Å²) in [5, 5.41) is 0.677. The van der Waals surface area contributed by atoms with Gasteiger partial charge >= 0.3 is 0 Å². The van der Waals surface area contributed by atoms with Gasteiger partial charge in [-0.05, 0) is 54.6 Å². The summed E-state index contributed by atoms with van der Waals surface area (Å²) < 4.78 is 10.9. The molecule has 8 heteroatoms. The molecule has 0 N–H and O–H groups in total. The first-order chi connectivity index (χ1) is 15.6. The number of amidine groups is 1. The van der Waals surface area contributed by atoms with Gasteiger partial charge in [0.1, 0.15) is 5.75 Å². The zero-order chi connectivity index (χ0) is 22.3. The summed E-state index contributed by atoms with van der Waals surface area (Å²) in [5.74, 6) is 0.515. The Labute approximate surface area is 191 Å². The zero-order valence-electron chi connectivity index (χ0n) is 17.9. The quantitative estimate of drug-likeness (QED) is 0.628. The van der Waals surface area contributed by atoms with Crippen LogP contribution in [-0.2, 0) is 14.3 Å². The number of hydrogen-bond donors (Lipinski definition) is 0. The second kappa shape index (κ2) is 10.5. The normalized spacial score (nSPS) is 19.1. The Morgan fingerprint density at radius 3 is 2.53 bits per heavy atom. The number of rotatable bonds is 6. The number of nitrogens with zero attached hydrogens (tertiary/aromatic N) is 3. The number of carbonyl (C=O) groups excluding carboxylic acids is 2. The molecule has 0 aromatic heterocycles. The Morgan fingerprint density at radius 1 is 1.12 bits per heavy atom. The van der Waals surface area contributed by atoms with Gasteiger partial charge < -0.3 is 14.4 Å². The minimum absolute atomic E-state index is 0.000453. The van der Waals surface area contributed by atoms with E-state index in [1.807, 2.05) is 55.5 Å². The van der Waals surface area contributed by atoms with E-state index in [0.29, 0.717) is 48.7 Å². The minimum atomic E-state index is -0.0522. The SMILES string of the molecule is CCN1C(=O)/C(=C/c2ccc(OCC(=O)N3CCOCC3)cc2)SC1=Nc1ccccc1. The van der Waals surface area contributed by atoms with Crippen LogP contribution in [0.15, 0.2) is 64.5 Å². The molecule has 0 atom stereocenters. The van der Waals surface area contributed by atoms with E-state index in [2.05, 4.69) is 4.99 Å². The third-order valence-corrected chi connectivity index (χ3v) is 6.10. The monoisotopic (exact) mass is 451 g/mol. The van der Waals surface area contributed by atoms with E-state index >= 15 is 0 Å². The summed E-state index contributed by atoms with van der Waals surface area (Å²) in [7, 11) is 0. The Hall–Kier alpha value is -3.10. The van der Waals surface area contributed by atoms with Crippen molar-refractivity contribution in [3.8, 4) is 5.75 Å². The van der Waals surface area contributed by atoms with Gasteiger partial charge in [0.05, 0.1) is 23.8 Å². The maximum absolute atomic E-state index is 12.8. The number of amides is 2. The number of thioether (sulfide) groups is 1. The van der Waals surface area contributed by atoms with Crippen molar-refractivity contribution in [2.75, 3.05) is 39.5 Å². The minimum Gasteiger partial charge on any atom is -0.484 e. The summed E-state index contributed by atoms with van der Waals surface area (Å²) in [6, 6.07) is 17.0. The van der Waals surface area contributed by atoms with Crippen LogP contribution in [0.5, 0.6) is 5.75 Å². The number of likely N-dealkylation sites (N-methyl/N-ethyl adjacent to an activating group) is 1. The lowest BCUT2D eigenvalue weighted by Crippen LogP contribution is -2.42. The van der Waals surface area contributed by atoms with Crippen molar-refractivity contribution in [1.29, 1.82) is 0 Å². The highest BCUT2D eigenvalue weighted by Gasteiger charge is 2.32. The average Bonchev–Trinajstić information content (AvgIpc) is 3.13. The van der Waals surface area contributed by atoms with E-state index in [9.17, 15) is 9.59 Å². The van der Waals surface area contributed by atoms with Crippen LogP contribution >= 0.6 is 11.8 Å². The first kappa shape index (κ1) is 22.1. The molecule has 32 heavy (non-hydrogen) atoms. The van der Waals surface area contributed by atoms with E-state index in [1.165, 1.54) is 11.8 Å². The van der Waals surface area contributed by atoms with Crippen LogP contribution in [-0.4, -0.2) is 66.2 Å². The molecule has 2 amide bonds. The standard InChI is InChI=1S/C24H25N3O4S/c1-2-27-23(29)21(32-24(27)25-19-6-4-3-5-7-19)16-18-8-10-20(11-9-18)31-17-22(28)26-12-14-30-15-13-26/h3-11,16H,2,12-15,17H2,1H3/b21-16-,25-24?. The van der Waals surface area contributed by atoms with E-state index in [-0.39, 0.29) is 18.4 Å². The van der Waals surface area contributed by atoms with E-state index < -0.39 is 0 Å². The average molecular weight is 452 g/mol. The highest BCUT2D eigenvalue weighted by Crippen LogP contribution is 2.34. The van der Waals surface area contributed by atoms with Crippen molar-refractivity contribution in [1.82, 2.24) is 9.80 Å². The summed E-state index contributed by atoms with van der Waals surface area (Å²) in [6.07, 6.45) is 1.85. The molecule has 2 aliphatic rings. The van der Waals surface area contributed by atoms with Crippen LogP contribution in [0.25, 0.3) is 6.08 Å². The fourth-order valence-electron chi connectivity index (χ4n) is 3.34. The topological polar surface area (TPSA) is 71.4 Å². The highest BCUT2D eigenvalue weighted by atomic mass is 32.2. The molecule has 2 saturated heterocycles. The van der Waals surface area contributed by atoms with E-state index in [4.69, 9.17) is 9.47 Å². The number of carbonyl (C=O) groups is 2. The van der Waals surface area contributed by atoms with E-state index in [1.54, 1.807) is 21.9 Å². The molecule has 0 spiro atoms. The van der Waals surface area contributed by atoms with Gasteiger partial charge in [0, 0.05) is 19.6 Å². The van der Waals surface area contributed by atoms with Gasteiger partial charge in [0.15, 0.2) is 11.8 Å². The van der Waals surface area contributed by atoms with Crippen LogP contribution < -0.4 is 4.74 Å². The van der Waals surface area contributed by atoms with Gasteiger partial charge in [-0.1, -0.05) is 30.3 Å². The number of ether oxygens (including phenoxy) is 2. The molecule has 0 aliphatic carbocycles. The summed E-state index contributed by atoms with van der Waals surface area (Å²) >= 11 is 1.37. The molecule has 2 aromatic carbocycles. The lowest BCUT2D eigenvalue weighted by Gasteiger charge is -2.26. The lowest BCUT2D eigenvalue weighted by atomic mass is 10.2. The van der Waals surface area contributed by atoms with Crippen molar-refractivity contribution < 1.29 is 19.1 Å². The largest absolute Gasteiger partial charge is 0.484 e. The van der Waals surface area contributed by atoms with E-state index in [0.717, 1.165) is 11.3 Å². The molecular formula is C24H25N3O4S. The van der Waals surface area contributed by atoms with Crippen molar-refractivity contribution in [2.45, 2.75) is 6.92 Å². The van der Waals surface area contributed by atoms with Gasteiger partial charge in [-0.25, -0.2) is 4.99 Å². The van der Waals surface area contributed by atoms with Crippen LogP contribution in [0.2, 0.25) is 0 Å². The predicted octanol–water partition coefficient (Wildman–Crippen LogP) is 3.55. The fourth-order valence-corrected chi connectivity index (χ4v) is 4.41. The number of hydrogen-bond acceptors (Lipinski definition) is 6. The molecule has 0 unspecified atom stereocenters.